The zero-order valence-corrected chi connectivity index (χ0v) is 6.91. The quantitative estimate of drug-likeness (QED) is 0.506. The Morgan fingerprint density at radius 3 is 2.33 bits per heavy atom. The SMILES string of the molecule is C=C(C)CCCC(C)C. The van der Waals surface area contributed by atoms with Crippen molar-refractivity contribution in [3.63, 3.8) is 0 Å². The van der Waals surface area contributed by atoms with Gasteiger partial charge in [-0.2, -0.15) is 0 Å². The van der Waals surface area contributed by atoms with E-state index in [1.165, 1.54) is 24.8 Å². The zero-order chi connectivity index (χ0) is 7.28. The fourth-order valence-electron chi connectivity index (χ4n) is 0.812. The van der Waals surface area contributed by atoms with Crippen LogP contribution in [0.4, 0.5) is 0 Å². The van der Waals surface area contributed by atoms with E-state index in [1.807, 2.05) is 0 Å². The van der Waals surface area contributed by atoms with Crippen LogP contribution in [0.15, 0.2) is 12.2 Å². The molecule has 0 aliphatic rings. The van der Waals surface area contributed by atoms with Gasteiger partial charge < -0.3 is 0 Å². The van der Waals surface area contributed by atoms with Gasteiger partial charge in [-0.05, 0) is 25.7 Å². The van der Waals surface area contributed by atoms with E-state index in [1.54, 1.807) is 0 Å². The van der Waals surface area contributed by atoms with Crippen molar-refractivity contribution >= 4 is 0 Å². The van der Waals surface area contributed by atoms with E-state index in [9.17, 15) is 0 Å². The summed E-state index contributed by atoms with van der Waals surface area (Å²) < 4.78 is 0. The Balaban J connectivity index is 3.01. The predicted molar refractivity (Wildman–Crippen MR) is 43.5 cm³/mol. The summed E-state index contributed by atoms with van der Waals surface area (Å²) in [6.45, 7) is 10.5. The zero-order valence-electron chi connectivity index (χ0n) is 6.91. The fraction of sp³-hybridized carbons (Fsp3) is 0.778. The van der Waals surface area contributed by atoms with Gasteiger partial charge in [0.15, 0.2) is 0 Å². The molecule has 0 rings (SSSR count). The Labute approximate surface area is 59.0 Å². The number of allylic oxidation sites excluding steroid dienone is 1. The molecule has 0 heteroatoms. The van der Waals surface area contributed by atoms with Crippen LogP contribution in [0, 0.1) is 5.92 Å². The molecular weight excluding hydrogens is 108 g/mol. The second-order valence-electron chi connectivity index (χ2n) is 3.24. The minimum atomic E-state index is 0.851. The molecule has 0 heterocycles. The van der Waals surface area contributed by atoms with Crippen molar-refractivity contribution in [1.29, 1.82) is 0 Å². The molecule has 0 fully saturated rings. The maximum atomic E-state index is 3.85. The van der Waals surface area contributed by atoms with Gasteiger partial charge in [-0.15, -0.1) is 6.58 Å². The summed E-state index contributed by atoms with van der Waals surface area (Å²) in [5.74, 6) is 0.851. The summed E-state index contributed by atoms with van der Waals surface area (Å²) in [6.07, 6.45) is 3.86. The third kappa shape index (κ3) is 7.74. The second-order valence-corrected chi connectivity index (χ2v) is 3.24. The van der Waals surface area contributed by atoms with Crippen LogP contribution in [-0.4, -0.2) is 0 Å². The van der Waals surface area contributed by atoms with E-state index in [4.69, 9.17) is 0 Å². The summed E-state index contributed by atoms with van der Waals surface area (Å²) in [4.78, 5) is 0. The maximum Gasteiger partial charge on any atom is -0.0326 e. The van der Waals surface area contributed by atoms with E-state index in [-0.39, 0.29) is 0 Å². The van der Waals surface area contributed by atoms with Gasteiger partial charge >= 0.3 is 0 Å². The molecule has 0 aromatic carbocycles. The monoisotopic (exact) mass is 126 g/mol. The molecule has 0 saturated carbocycles. The summed E-state index contributed by atoms with van der Waals surface area (Å²) in [5.41, 5.74) is 1.32. The lowest BCUT2D eigenvalue weighted by atomic mass is 10.0. The summed E-state index contributed by atoms with van der Waals surface area (Å²) in [5, 5.41) is 0. The first-order valence-corrected chi connectivity index (χ1v) is 3.77. The average molecular weight is 126 g/mol. The standard InChI is InChI=1S/C9H18/c1-8(2)6-5-7-9(3)4/h9H,1,5-7H2,2-4H3. The molecule has 9 heavy (non-hydrogen) atoms. The van der Waals surface area contributed by atoms with Gasteiger partial charge in [0.25, 0.3) is 0 Å². The molecule has 0 atom stereocenters. The Hall–Kier alpha value is -0.260. The van der Waals surface area contributed by atoms with Crippen molar-refractivity contribution in [3.8, 4) is 0 Å². The minimum Gasteiger partial charge on any atom is -0.100 e. The van der Waals surface area contributed by atoms with E-state index >= 15 is 0 Å². The molecule has 54 valence electrons. The molecule has 0 unspecified atom stereocenters. The minimum absolute atomic E-state index is 0.851. The van der Waals surface area contributed by atoms with Crippen LogP contribution in [0.5, 0.6) is 0 Å². The lowest BCUT2D eigenvalue weighted by molar-refractivity contribution is 0.555. The summed E-state index contributed by atoms with van der Waals surface area (Å²) >= 11 is 0. The maximum absolute atomic E-state index is 3.85. The van der Waals surface area contributed by atoms with Gasteiger partial charge in [-0.1, -0.05) is 25.8 Å². The van der Waals surface area contributed by atoms with Crippen LogP contribution in [0.25, 0.3) is 0 Å². The number of hydrogen-bond donors (Lipinski definition) is 0. The van der Waals surface area contributed by atoms with E-state index in [0.717, 1.165) is 5.92 Å². The van der Waals surface area contributed by atoms with Gasteiger partial charge in [-0.3, -0.25) is 0 Å². The third-order valence-electron chi connectivity index (χ3n) is 1.39. The molecule has 0 aromatic heterocycles. The molecule has 0 saturated heterocycles. The third-order valence-corrected chi connectivity index (χ3v) is 1.39. The van der Waals surface area contributed by atoms with Gasteiger partial charge in [0.2, 0.25) is 0 Å². The van der Waals surface area contributed by atoms with Crippen LogP contribution in [0.2, 0.25) is 0 Å². The molecule has 0 nitrogen and oxygen atoms in total. The first-order valence-electron chi connectivity index (χ1n) is 3.77. The van der Waals surface area contributed by atoms with E-state index in [2.05, 4.69) is 27.4 Å². The molecule has 0 spiro atoms. The van der Waals surface area contributed by atoms with Gasteiger partial charge in [0.1, 0.15) is 0 Å². The fourth-order valence-corrected chi connectivity index (χ4v) is 0.812. The van der Waals surface area contributed by atoms with Crippen molar-refractivity contribution in [2.45, 2.75) is 40.0 Å². The Bertz CT molecular complexity index is 80.0. The molecule has 0 aromatic rings. The Morgan fingerprint density at radius 1 is 1.44 bits per heavy atom. The molecule has 0 amide bonds. The largest absolute Gasteiger partial charge is 0.100 e. The van der Waals surface area contributed by atoms with E-state index < -0.39 is 0 Å². The smallest absolute Gasteiger partial charge is 0.0326 e. The molecule has 0 N–H and O–H groups in total. The second kappa shape index (κ2) is 4.60. The van der Waals surface area contributed by atoms with Gasteiger partial charge in [-0.25, -0.2) is 0 Å². The van der Waals surface area contributed by atoms with Crippen molar-refractivity contribution in [1.82, 2.24) is 0 Å². The van der Waals surface area contributed by atoms with Crippen LogP contribution < -0.4 is 0 Å². The van der Waals surface area contributed by atoms with Crippen molar-refractivity contribution in [3.05, 3.63) is 12.2 Å². The normalized spacial score (nSPS) is 10.2. The van der Waals surface area contributed by atoms with Crippen LogP contribution >= 0.6 is 0 Å². The molecule has 0 aliphatic heterocycles. The first-order chi connectivity index (χ1) is 4.13. The summed E-state index contributed by atoms with van der Waals surface area (Å²) in [7, 11) is 0. The summed E-state index contributed by atoms with van der Waals surface area (Å²) in [6, 6.07) is 0. The number of hydrogen-bond acceptors (Lipinski definition) is 0. The average Bonchev–Trinajstić information content (AvgIpc) is 1.63. The topological polar surface area (TPSA) is 0 Å². The van der Waals surface area contributed by atoms with Crippen molar-refractivity contribution in [2.24, 2.45) is 5.92 Å². The van der Waals surface area contributed by atoms with Crippen molar-refractivity contribution in [2.75, 3.05) is 0 Å². The predicted octanol–water partition coefficient (Wildman–Crippen LogP) is 3.39. The molecule has 0 bridgehead atoms. The Morgan fingerprint density at radius 2 is 2.00 bits per heavy atom. The van der Waals surface area contributed by atoms with Crippen molar-refractivity contribution < 1.29 is 0 Å². The van der Waals surface area contributed by atoms with Gasteiger partial charge in [0, 0.05) is 0 Å². The molecular formula is C9H18. The highest BCUT2D eigenvalue weighted by Crippen LogP contribution is 2.09. The highest BCUT2D eigenvalue weighted by Gasteiger charge is 1.92. The van der Waals surface area contributed by atoms with Crippen LogP contribution in [0.3, 0.4) is 0 Å². The lowest BCUT2D eigenvalue weighted by Crippen LogP contribution is -1.86. The van der Waals surface area contributed by atoms with E-state index in [0.29, 0.717) is 0 Å². The van der Waals surface area contributed by atoms with Crippen LogP contribution in [0.1, 0.15) is 40.0 Å². The Kier molecular flexibility index (Phi) is 4.47. The molecule has 0 radical (unpaired) electrons. The van der Waals surface area contributed by atoms with Gasteiger partial charge in [0.05, 0.1) is 0 Å². The highest BCUT2D eigenvalue weighted by atomic mass is 14.0. The number of rotatable bonds is 4. The highest BCUT2D eigenvalue weighted by molar-refractivity contribution is 4.87. The first kappa shape index (κ1) is 8.74. The lowest BCUT2D eigenvalue weighted by Gasteiger charge is -2.02. The molecule has 0 aliphatic carbocycles. The van der Waals surface area contributed by atoms with Crippen LogP contribution in [-0.2, 0) is 0 Å².